The van der Waals surface area contributed by atoms with Crippen LogP contribution in [-0.2, 0) is 16.0 Å². The summed E-state index contributed by atoms with van der Waals surface area (Å²) in [5, 5.41) is 0. The van der Waals surface area contributed by atoms with Crippen molar-refractivity contribution in [3.8, 4) is 0 Å². The highest BCUT2D eigenvalue weighted by Crippen LogP contribution is 2.23. The number of aryl methyl sites for hydroxylation is 2. The van der Waals surface area contributed by atoms with Gasteiger partial charge in [-0.15, -0.1) is 0 Å². The molecule has 0 saturated carbocycles. The zero-order chi connectivity index (χ0) is 16.2. The van der Waals surface area contributed by atoms with Gasteiger partial charge in [0.1, 0.15) is 6.10 Å². The summed E-state index contributed by atoms with van der Waals surface area (Å²) in [7, 11) is 0. The molecule has 1 amide bonds. The summed E-state index contributed by atoms with van der Waals surface area (Å²) >= 11 is 0. The van der Waals surface area contributed by atoms with Crippen LogP contribution in [0, 0.1) is 13.8 Å². The van der Waals surface area contributed by atoms with E-state index in [4.69, 9.17) is 4.74 Å². The number of amides is 1. The van der Waals surface area contributed by atoms with Gasteiger partial charge in [0.25, 0.3) is 0 Å². The molecule has 1 fully saturated rings. The Morgan fingerprint density at radius 3 is 2.65 bits per heavy atom. The second-order valence-corrected chi connectivity index (χ2v) is 6.28. The van der Waals surface area contributed by atoms with Gasteiger partial charge in [-0.3, -0.25) is 4.79 Å². The van der Waals surface area contributed by atoms with Crippen molar-refractivity contribution in [2.45, 2.75) is 26.4 Å². The van der Waals surface area contributed by atoms with E-state index in [1.54, 1.807) is 0 Å². The molecule has 1 aliphatic rings. The summed E-state index contributed by atoms with van der Waals surface area (Å²) in [6.45, 7) is 6.03. The van der Waals surface area contributed by atoms with Crippen molar-refractivity contribution >= 4 is 5.91 Å². The summed E-state index contributed by atoms with van der Waals surface area (Å²) < 4.78 is 5.86. The largest absolute Gasteiger partial charge is 0.370 e. The van der Waals surface area contributed by atoms with E-state index in [1.165, 1.54) is 11.1 Å². The summed E-state index contributed by atoms with van der Waals surface area (Å²) in [5.41, 5.74) is 4.64. The fraction of sp³-hybridized carbons (Fsp3) is 0.350. The van der Waals surface area contributed by atoms with Crippen LogP contribution in [0.3, 0.4) is 0 Å². The predicted molar refractivity (Wildman–Crippen MR) is 91.3 cm³/mol. The highest BCUT2D eigenvalue weighted by atomic mass is 16.5. The van der Waals surface area contributed by atoms with E-state index in [0.717, 1.165) is 11.1 Å². The standard InChI is InChI=1S/C20H23NO2/c1-15-6-8-18(9-7-15)19-14-21(10-11-23-19)20(22)13-17-5-3-4-16(2)12-17/h3-9,12,19H,10-11,13-14H2,1-2H3. The van der Waals surface area contributed by atoms with Crippen molar-refractivity contribution in [1.82, 2.24) is 4.90 Å². The smallest absolute Gasteiger partial charge is 0.227 e. The lowest BCUT2D eigenvalue weighted by Gasteiger charge is -2.33. The lowest BCUT2D eigenvalue weighted by Crippen LogP contribution is -2.43. The van der Waals surface area contributed by atoms with Gasteiger partial charge in [-0.25, -0.2) is 0 Å². The fourth-order valence-corrected chi connectivity index (χ4v) is 2.97. The highest BCUT2D eigenvalue weighted by molar-refractivity contribution is 5.79. The number of hydrogen-bond donors (Lipinski definition) is 0. The molecule has 1 saturated heterocycles. The zero-order valence-corrected chi connectivity index (χ0v) is 13.8. The summed E-state index contributed by atoms with van der Waals surface area (Å²) in [5.74, 6) is 0.177. The van der Waals surface area contributed by atoms with E-state index >= 15 is 0 Å². The maximum absolute atomic E-state index is 12.6. The van der Waals surface area contributed by atoms with Gasteiger partial charge in [0.15, 0.2) is 0 Å². The van der Waals surface area contributed by atoms with Crippen LogP contribution in [0.25, 0.3) is 0 Å². The molecule has 2 aromatic rings. The molecule has 3 rings (SSSR count). The van der Waals surface area contributed by atoms with Crippen LogP contribution in [0.2, 0.25) is 0 Å². The Hall–Kier alpha value is -2.13. The van der Waals surface area contributed by atoms with Crippen LogP contribution >= 0.6 is 0 Å². The minimum absolute atomic E-state index is 0.0224. The van der Waals surface area contributed by atoms with Crippen LogP contribution in [0.1, 0.15) is 28.4 Å². The van der Waals surface area contributed by atoms with Gasteiger partial charge < -0.3 is 9.64 Å². The van der Waals surface area contributed by atoms with Gasteiger partial charge in [-0.05, 0) is 25.0 Å². The first-order valence-corrected chi connectivity index (χ1v) is 8.13. The molecule has 0 spiro atoms. The van der Waals surface area contributed by atoms with Gasteiger partial charge in [-0.1, -0.05) is 59.7 Å². The van der Waals surface area contributed by atoms with E-state index in [1.807, 2.05) is 17.0 Å². The highest BCUT2D eigenvalue weighted by Gasteiger charge is 2.25. The Morgan fingerprint density at radius 2 is 1.91 bits per heavy atom. The van der Waals surface area contributed by atoms with Gasteiger partial charge in [0, 0.05) is 6.54 Å². The second-order valence-electron chi connectivity index (χ2n) is 6.28. The van der Waals surface area contributed by atoms with E-state index < -0.39 is 0 Å². The summed E-state index contributed by atoms with van der Waals surface area (Å²) in [4.78, 5) is 14.5. The minimum atomic E-state index is -0.0224. The number of rotatable bonds is 3. The van der Waals surface area contributed by atoms with Gasteiger partial charge in [-0.2, -0.15) is 0 Å². The quantitative estimate of drug-likeness (QED) is 0.869. The van der Waals surface area contributed by atoms with E-state index in [0.29, 0.717) is 26.1 Å². The lowest BCUT2D eigenvalue weighted by molar-refractivity contribution is -0.138. The molecule has 1 heterocycles. The van der Waals surface area contributed by atoms with Crippen molar-refractivity contribution < 1.29 is 9.53 Å². The average molecular weight is 309 g/mol. The van der Waals surface area contributed by atoms with Gasteiger partial charge in [0.2, 0.25) is 5.91 Å². The number of carbonyl (C=O) groups excluding carboxylic acids is 1. The first-order valence-electron chi connectivity index (χ1n) is 8.13. The number of nitrogens with zero attached hydrogens (tertiary/aromatic N) is 1. The molecule has 0 aromatic heterocycles. The topological polar surface area (TPSA) is 29.5 Å². The lowest BCUT2D eigenvalue weighted by atomic mass is 10.0. The van der Waals surface area contributed by atoms with Gasteiger partial charge in [0.05, 0.1) is 19.6 Å². The predicted octanol–water partition coefficient (Wildman–Crippen LogP) is 3.45. The molecule has 1 atom stereocenters. The Kier molecular flexibility index (Phi) is 4.77. The van der Waals surface area contributed by atoms with Gasteiger partial charge >= 0.3 is 0 Å². The van der Waals surface area contributed by atoms with E-state index in [-0.39, 0.29) is 12.0 Å². The molecule has 0 bridgehead atoms. The molecule has 3 heteroatoms. The summed E-state index contributed by atoms with van der Waals surface area (Å²) in [6.07, 6.45) is 0.438. The van der Waals surface area contributed by atoms with Crippen molar-refractivity contribution in [2.24, 2.45) is 0 Å². The average Bonchev–Trinajstić information content (AvgIpc) is 2.56. The minimum Gasteiger partial charge on any atom is -0.370 e. The van der Waals surface area contributed by atoms with Crippen LogP contribution in [0.5, 0.6) is 0 Å². The molecule has 0 aliphatic carbocycles. The molecular weight excluding hydrogens is 286 g/mol. The Labute approximate surface area is 137 Å². The second kappa shape index (κ2) is 6.97. The molecule has 2 aromatic carbocycles. The normalized spacial score (nSPS) is 18.0. The third kappa shape index (κ3) is 3.99. The fourth-order valence-electron chi connectivity index (χ4n) is 2.97. The maximum atomic E-state index is 12.6. The monoisotopic (exact) mass is 309 g/mol. The van der Waals surface area contributed by atoms with Crippen molar-refractivity contribution in [2.75, 3.05) is 19.7 Å². The van der Waals surface area contributed by atoms with Crippen molar-refractivity contribution in [3.63, 3.8) is 0 Å². The summed E-state index contributed by atoms with van der Waals surface area (Å²) in [6, 6.07) is 16.5. The van der Waals surface area contributed by atoms with Crippen LogP contribution in [0.15, 0.2) is 48.5 Å². The number of morpholine rings is 1. The number of benzene rings is 2. The molecule has 0 N–H and O–H groups in total. The molecule has 0 radical (unpaired) electrons. The number of carbonyl (C=O) groups is 1. The van der Waals surface area contributed by atoms with Crippen molar-refractivity contribution in [3.05, 3.63) is 70.8 Å². The molecular formula is C20H23NO2. The first-order chi connectivity index (χ1) is 11.1. The molecule has 120 valence electrons. The first kappa shape index (κ1) is 15.8. The molecule has 1 aliphatic heterocycles. The Bertz CT molecular complexity index is 678. The van der Waals surface area contributed by atoms with Crippen molar-refractivity contribution in [1.29, 1.82) is 0 Å². The molecule has 3 nitrogen and oxygen atoms in total. The Morgan fingerprint density at radius 1 is 1.13 bits per heavy atom. The maximum Gasteiger partial charge on any atom is 0.227 e. The van der Waals surface area contributed by atoms with E-state index in [2.05, 4.69) is 50.2 Å². The zero-order valence-electron chi connectivity index (χ0n) is 13.8. The third-order valence-electron chi connectivity index (χ3n) is 4.31. The van der Waals surface area contributed by atoms with Crippen LogP contribution in [-0.4, -0.2) is 30.5 Å². The van der Waals surface area contributed by atoms with Crippen LogP contribution in [0.4, 0.5) is 0 Å². The SMILES string of the molecule is Cc1ccc(C2CN(C(=O)Cc3cccc(C)c3)CCO2)cc1. The Balaban J connectivity index is 1.65. The number of ether oxygens (including phenoxy) is 1. The molecule has 1 unspecified atom stereocenters. The molecule has 23 heavy (non-hydrogen) atoms. The third-order valence-corrected chi connectivity index (χ3v) is 4.31. The van der Waals surface area contributed by atoms with E-state index in [9.17, 15) is 4.79 Å². The van der Waals surface area contributed by atoms with Crippen LogP contribution < -0.4 is 0 Å². The number of hydrogen-bond acceptors (Lipinski definition) is 2.